The molecule has 1 aliphatic heterocycles. The maximum Gasteiger partial charge on any atom is 0.203 e. The number of oxazole rings is 1. The van der Waals surface area contributed by atoms with E-state index in [0.717, 1.165) is 43.8 Å². The second-order valence-electron chi connectivity index (χ2n) is 5.09. The third-order valence-electron chi connectivity index (χ3n) is 3.78. The van der Waals surface area contributed by atoms with E-state index in [9.17, 15) is 4.39 Å². The van der Waals surface area contributed by atoms with Crippen LogP contribution in [0.2, 0.25) is 0 Å². The summed E-state index contributed by atoms with van der Waals surface area (Å²) in [6, 6.07) is 4.52. The summed E-state index contributed by atoms with van der Waals surface area (Å²) in [5, 5.41) is 3.38. The SMILES string of the molecule is CCCC1(c2nc3ccc(F)cc3o2)CCNC1. The molecule has 0 bridgehead atoms. The van der Waals surface area contributed by atoms with Crippen LogP contribution in [-0.2, 0) is 5.41 Å². The van der Waals surface area contributed by atoms with E-state index in [0.29, 0.717) is 5.58 Å². The van der Waals surface area contributed by atoms with E-state index in [1.54, 1.807) is 6.07 Å². The number of rotatable bonds is 3. The third kappa shape index (κ3) is 1.81. The van der Waals surface area contributed by atoms with Crippen molar-refractivity contribution in [3.63, 3.8) is 0 Å². The van der Waals surface area contributed by atoms with Gasteiger partial charge in [0.15, 0.2) is 5.58 Å². The normalized spacial score (nSPS) is 23.9. The van der Waals surface area contributed by atoms with Crippen molar-refractivity contribution >= 4 is 11.1 Å². The molecule has 18 heavy (non-hydrogen) atoms. The Balaban J connectivity index is 2.06. The topological polar surface area (TPSA) is 38.1 Å². The number of hydrogen-bond donors (Lipinski definition) is 1. The highest BCUT2D eigenvalue weighted by Gasteiger charge is 2.39. The molecule has 0 spiro atoms. The first kappa shape index (κ1) is 11.7. The monoisotopic (exact) mass is 248 g/mol. The van der Waals surface area contributed by atoms with Gasteiger partial charge in [-0.3, -0.25) is 0 Å². The van der Waals surface area contributed by atoms with Crippen LogP contribution in [0.5, 0.6) is 0 Å². The minimum Gasteiger partial charge on any atom is -0.440 e. The smallest absolute Gasteiger partial charge is 0.203 e. The lowest BCUT2D eigenvalue weighted by atomic mass is 9.82. The van der Waals surface area contributed by atoms with Crippen LogP contribution >= 0.6 is 0 Å². The zero-order valence-corrected chi connectivity index (χ0v) is 10.5. The van der Waals surface area contributed by atoms with Gasteiger partial charge in [-0.25, -0.2) is 9.37 Å². The van der Waals surface area contributed by atoms with Crippen LogP contribution in [0.15, 0.2) is 22.6 Å². The van der Waals surface area contributed by atoms with Gasteiger partial charge in [-0.1, -0.05) is 13.3 Å². The maximum absolute atomic E-state index is 13.2. The van der Waals surface area contributed by atoms with Gasteiger partial charge in [0.2, 0.25) is 5.89 Å². The Morgan fingerprint density at radius 1 is 1.50 bits per heavy atom. The van der Waals surface area contributed by atoms with Crippen molar-refractivity contribution < 1.29 is 8.81 Å². The molecule has 0 aliphatic carbocycles. The molecule has 0 saturated carbocycles. The quantitative estimate of drug-likeness (QED) is 0.907. The fraction of sp³-hybridized carbons (Fsp3) is 0.500. The Bertz CT molecular complexity index is 558. The number of nitrogens with zero attached hydrogens (tertiary/aromatic N) is 1. The van der Waals surface area contributed by atoms with Gasteiger partial charge in [0.1, 0.15) is 11.3 Å². The number of hydrogen-bond acceptors (Lipinski definition) is 3. The number of aromatic nitrogens is 1. The summed E-state index contributed by atoms with van der Waals surface area (Å²) in [7, 11) is 0. The summed E-state index contributed by atoms with van der Waals surface area (Å²) in [4.78, 5) is 4.55. The van der Waals surface area contributed by atoms with Crippen LogP contribution in [0, 0.1) is 5.82 Å². The zero-order valence-electron chi connectivity index (χ0n) is 10.5. The van der Waals surface area contributed by atoms with E-state index in [2.05, 4.69) is 17.2 Å². The molecule has 2 aromatic rings. The zero-order chi connectivity index (χ0) is 12.6. The molecule has 1 saturated heterocycles. The average Bonchev–Trinajstić information content (AvgIpc) is 2.95. The van der Waals surface area contributed by atoms with Crippen molar-refractivity contribution in [1.29, 1.82) is 0 Å². The minimum atomic E-state index is -0.278. The van der Waals surface area contributed by atoms with Crippen molar-refractivity contribution in [3.05, 3.63) is 29.9 Å². The van der Waals surface area contributed by atoms with Crippen LogP contribution in [-0.4, -0.2) is 18.1 Å². The van der Waals surface area contributed by atoms with Crippen molar-refractivity contribution in [3.8, 4) is 0 Å². The van der Waals surface area contributed by atoms with E-state index in [-0.39, 0.29) is 11.2 Å². The summed E-state index contributed by atoms with van der Waals surface area (Å²) in [6.45, 7) is 4.06. The van der Waals surface area contributed by atoms with Gasteiger partial charge in [-0.15, -0.1) is 0 Å². The fourth-order valence-electron chi connectivity index (χ4n) is 2.85. The fourth-order valence-corrected chi connectivity index (χ4v) is 2.85. The molecule has 3 nitrogen and oxygen atoms in total. The van der Waals surface area contributed by atoms with Crippen LogP contribution in [0.25, 0.3) is 11.1 Å². The molecular formula is C14H17FN2O. The lowest BCUT2D eigenvalue weighted by molar-refractivity contribution is 0.330. The van der Waals surface area contributed by atoms with Gasteiger partial charge < -0.3 is 9.73 Å². The Morgan fingerprint density at radius 2 is 2.39 bits per heavy atom. The van der Waals surface area contributed by atoms with Gasteiger partial charge in [-0.05, 0) is 31.5 Å². The van der Waals surface area contributed by atoms with Gasteiger partial charge >= 0.3 is 0 Å². The molecule has 96 valence electrons. The molecule has 2 heterocycles. The molecule has 1 aromatic heterocycles. The highest BCUT2D eigenvalue weighted by molar-refractivity contribution is 5.72. The molecule has 4 heteroatoms. The number of fused-ring (bicyclic) bond motifs is 1. The van der Waals surface area contributed by atoms with Crippen molar-refractivity contribution in [2.45, 2.75) is 31.6 Å². The van der Waals surface area contributed by atoms with E-state index in [1.165, 1.54) is 12.1 Å². The van der Waals surface area contributed by atoms with Crippen LogP contribution in [0.4, 0.5) is 4.39 Å². The molecule has 1 aromatic carbocycles. The Morgan fingerprint density at radius 3 is 3.11 bits per heavy atom. The van der Waals surface area contributed by atoms with Crippen molar-refractivity contribution in [2.24, 2.45) is 0 Å². The van der Waals surface area contributed by atoms with Crippen LogP contribution in [0.3, 0.4) is 0 Å². The molecule has 1 atom stereocenters. The van der Waals surface area contributed by atoms with Gasteiger partial charge in [0, 0.05) is 12.6 Å². The summed E-state index contributed by atoms with van der Waals surface area (Å²) in [6.07, 6.45) is 3.18. The largest absolute Gasteiger partial charge is 0.440 e. The van der Waals surface area contributed by atoms with Crippen LogP contribution in [0.1, 0.15) is 32.1 Å². The second kappa shape index (κ2) is 4.35. The highest BCUT2D eigenvalue weighted by atomic mass is 19.1. The summed E-state index contributed by atoms with van der Waals surface area (Å²) in [5.74, 6) is 0.481. The first-order chi connectivity index (χ1) is 8.73. The van der Waals surface area contributed by atoms with Crippen molar-refractivity contribution in [1.82, 2.24) is 10.3 Å². The summed E-state index contributed by atoms with van der Waals surface area (Å²) in [5.41, 5.74) is 1.28. The molecule has 1 unspecified atom stereocenters. The predicted molar refractivity (Wildman–Crippen MR) is 68.0 cm³/mol. The van der Waals surface area contributed by atoms with E-state index in [1.807, 2.05) is 0 Å². The summed E-state index contributed by atoms with van der Waals surface area (Å²) < 4.78 is 19.0. The molecule has 1 N–H and O–H groups in total. The van der Waals surface area contributed by atoms with E-state index in [4.69, 9.17) is 4.42 Å². The maximum atomic E-state index is 13.2. The third-order valence-corrected chi connectivity index (χ3v) is 3.78. The standard InChI is InChI=1S/C14H17FN2O/c1-2-5-14(6-7-16-9-14)13-17-11-4-3-10(15)8-12(11)18-13/h3-4,8,16H,2,5-7,9H2,1H3. The number of benzene rings is 1. The van der Waals surface area contributed by atoms with E-state index >= 15 is 0 Å². The highest BCUT2D eigenvalue weighted by Crippen LogP contribution is 2.36. The molecular weight excluding hydrogens is 231 g/mol. The lowest BCUT2D eigenvalue weighted by Gasteiger charge is -2.23. The van der Waals surface area contributed by atoms with Crippen molar-refractivity contribution in [2.75, 3.05) is 13.1 Å². The van der Waals surface area contributed by atoms with Gasteiger partial charge in [0.25, 0.3) is 0 Å². The predicted octanol–water partition coefficient (Wildman–Crippen LogP) is 3.00. The molecule has 1 aliphatic rings. The molecule has 0 radical (unpaired) electrons. The van der Waals surface area contributed by atoms with Gasteiger partial charge in [-0.2, -0.15) is 0 Å². The van der Waals surface area contributed by atoms with Crippen LogP contribution < -0.4 is 5.32 Å². The first-order valence-corrected chi connectivity index (χ1v) is 6.51. The number of nitrogens with one attached hydrogen (secondary N) is 1. The Kier molecular flexibility index (Phi) is 2.82. The minimum absolute atomic E-state index is 0.00968. The van der Waals surface area contributed by atoms with E-state index < -0.39 is 0 Å². The summed E-state index contributed by atoms with van der Waals surface area (Å²) >= 11 is 0. The molecule has 3 rings (SSSR count). The molecule has 1 fully saturated rings. The molecule has 0 amide bonds. The average molecular weight is 248 g/mol. The first-order valence-electron chi connectivity index (χ1n) is 6.51. The Labute approximate surface area is 105 Å². The Hall–Kier alpha value is -1.42. The number of halogens is 1. The second-order valence-corrected chi connectivity index (χ2v) is 5.09. The lowest BCUT2D eigenvalue weighted by Crippen LogP contribution is -2.29. The van der Waals surface area contributed by atoms with Gasteiger partial charge in [0.05, 0.1) is 5.41 Å².